The summed E-state index contributed by atoms with van der Waals surface area (Å²) in [5, 5.41) is 0. The molecule has 3 heterocycles. The molecule has 154 valence electrons. The smallest absolute Gasteiger partial charge is 0.257 e. The van der Waals surface area contributed by atoms with Crippen molar-refractivity contribution in [2.24, 2.45) is 5.92 Å². The number of aryl methyl sites for hydroxylation is 1. The first-order chi connectivity index (χ1) is 14.1. The van der Waals surface area contributed by atoms with Gasteiger partial charge in [0, 0.05) is 51.7 Å². The normalized spacial score (nSPS) is 18.8. The summed E-state index contributed by atoms with van der Waals surface area (Å²) in [4.78, 5) is 31.6. The predicted molar refractivity (Wildman–Crippen MR) is 110 cm³/mol. The number of piperidine rings is 1. The van der Waals surface area contributed by atoms with Crippen LogP contribution in [0.5, 0.6) is 0 Å². The number of furan rings is 1. The van der Waals surface area contributed by atoms with Gasteiger partial charge in [-0.3, -0.25) is 14.5 Å². The quantitative estimate of drug-likeness (QED) is 0.799. The number of hydrogen-bond donors (Lipinski definition) is 0. The number of hydrogen-bond acceptors (Lipinski definition) is 4. The second kappa shape index (κ2) is 8.82. The van der Waals surface area contributed by atoms with E-state index in [0.29, 0.717) is 18.7 Å². The Balaban J connectivity index is 1.23. The van der Waals surface area contributed by atoms with Gasteiger partial charge >= 0.3 is 0 Å². The van der Waals surface area contributed by atoms with Crippen molar-refractivity contribution in [2.75, 3.05) is 39.3 Å². The van der Waals surface area contributed by atoms with Crippen molar-refractivity contribution in [2.45, 2.75) is 26.3 Å². The fourth-order valence-corrected chi connectivity index (χ4v) is 4.35. The van der Waals surface area contributed by atoms with E-state index in [1.165, 1.54) is 23.7 Å². The van der Waals surface area contributed by atoms with Crippen LogP contribution in [-0.4, -0.2) is 65.8 Å². The van der Waals surface area contributed by atoms with E-state index in [0.717, 1.165) is 45.6 Å². The number of nitrogens with zero attached hydrogens (tertiary/aromatic N) is 3. The summed E-state index contributed by atoms with van der Waals surface area (Å²) in [5.74, 6) is 0.289. The summed E-state index contributed by atoms with van der Waals surface area (Å²) in [6, 6.07) is 10.3. The van der Waals surface area contributed by atoms with Crippen molar-refractivity contribution in [1.29, 1.82) is 0 Å². The highest BCUT2D eigenvalue weighted by Crippen LogP contribution is 2.22. The van der Waals surface area contributed by atoms with E-state index < -0.39 is 0 Å². The fraction of sp³-hybridized carbons (Fsp3) is 0.478. The SMILES string of the molecule is Cc1cccc(CN2CCN(C(=O)C3CCN(C(=O)c4ccoc4)CC3)CC2)c1. The zero-order chi connectivity index (χ0) is 20.2. The molecule has 0 bridgehead atoms. The number of benzene rings is 1. The fourth-order valence-electron chi connectivity index (χ4n) is 4.35. The minimum Gasteiger partial charge on any atom is -0.472 e. The third-order valence-electron chi connectivity index (χ3n) is 6.07. The van der Waals surface area contributed by atoms with Crippen LogP contribution in [0.15, 0.2) is 47.3 Å². The Hall–Kier alpha value is -2.60. The molecule has 0 atom stereocenters. The third-order valence-corrected chi connectivity index (χ3v) is 6.07. The summed E-state index contributed by atoms with van der Waals surface area (Å²) in [5.41, 5.74) is 3.20. The topological polar surface area (TPSA) is 57.0 Å². The highest BCUT2D eigenvalue weighted by molar-refractivity contribution is 5.94. The Bertz CT molecular complexity index is 833. The van der Waals surface area contributed by atoms with E-state index in [1.807, 2.05) is 9.80 Å². The molecule has 2 aromatic rings. The Morgan fingerprint density at radius 2 is 1.76 bits per heavy atom. The molecule has 0 saturated carbocycles. The van der Waals surface area contributed by atoms with Gasteiger partial charge in [-0.2, -0.15) is 0 Å². The van der Waals surface area contributed by atoms with Gasteiger partial charge in [-0.15, -0.1) is 0 Å². The molecule has 1 aromatic carbocycles. The van der Waals surface area contributed by atoms with Crippen LogP contribution in [0.1, 0.15) is 34.3 Å². The van der Waals surface area contributed by atoms with Crippen LogP contribution in [-0.2, 0) is 11.3 Å². The van der Waals surface area contributed by atoms with Crippen LogP contribution in [0.3, 0.4) is 0 Å². The molecule has 0 N–H and O–H groups in total. The molecular weight excluding hydrogens is 366 g/mol. The highest BCUT2D eigenvalue weighted by atomic mass is 16.3. The Morgan fingerprint density at radius 3 is 2.41 bits per heavy atom. The van der Waals surface area contributed by atoms with Gasteiger partial charge in [-0.05, 0) is 31.4 Å². The molecule has 29 heavy (non-hydrogen) atoms. The zero-order valence-electron chi connectivity index (χ0n) is 17.0. The van der Waals surface area contributed by atoms with Gasteiger partial charge in [-0.1, -0.05) is 29.8 Å². The second-order valence-electron chi connectivity index (χ2n) is 8.17. The van der Waals surface area contributed by atoms with Crippen molar-refractivity contribution in [3.63, 3.8) is 0 Å². The molecule has 2 aliphatic heterocycles. The number of likely N-dealkylation sites (tertiary alicyclic amines) is 1. The van der Waals surface area contributed by atoms with E-state index in [9.17, 15) is 9.59 Å². The number of carbonyl (C=O) groups excluding carboxylic acids is 2. The van der Waals surface area contributed by atoms with Crippen molar-refractivity contribution in [3.05, 3.63) is 59.5 Å². The first kappa shape index (κ1) is 19.7. The molecule has 6 heteroatoms. The van der Waals surface area contributed by atoms with Gasteiger partial charge in [0.25, 0.3) is 5.91 Å². The van der Waals surface area contributed by atoms with Gasteiger partial charge in [0.05, 0.1) is 11.8 Å². The van der Waals surface area contributed by atoms with Gasteiger partial charge in [0.15, 0.2) is 0 Å². The molecule has 2 aliphatic rings. The van der Waals surface area contributed by atoms with E-state index in [4.69, 9.17) is 4.42 Å². The lowest BCUT2D eigenvalue weighted by molar-refractivity contribution is -0.138. The first-order valence-electron chi connectivity index (χ1n) is 10.5. The van der Waals surface area contributed by atoms with Gasteiger partial charge in [0.1, 0.15) is 6.26 Å². The summed E-state index contributed by atoms with van der Waals surface area (Å²) in [6.07, 6.45) is 4.48. The Morgan fingerprint density at radius 1 is 1.00 bits per heavy atom. The lowest BCUT2D eigenvalue weighted by Crippen LogP contribution is -2.51. The maximum Gasteiger partial charge on any atom is 0.257 e. The lowest BCUT2D eigenvalue weighted by atomic mass is 9.94. The molecule has 0 spiro atoms. The highest BCUT2D eigenvalue weighted by Gasteiger charge is 2.32. The van der Waals surface area contributed by atoms with Crippen LogP contribution in [0.2, 0.25) is 0 Å². The van der Waals surface area contributed by atoms with Gasteiger partial charge in [0.2, 0.25) is 5.91 Å². The molecule has 2 fully saturated rings. The maximum absolute atomic E-state index is 13.0. The standard InChI is InChI=1S/C23H29N3O3/c1-18-3-2-4-19(15-18)16-24-10-12-26(13-11-24)22(27)20-5-8-25(9-6-20)23(28)21-7-14-29-17-21/h2-4,7,14-15,17,20H,5-6,8-13,16H2,1H3. The molecule has 0 radical (unpaired) electrons. The Kier molecular flexibility index (Phi) is 6.00. The molecule has 4 rings (SSSR count). The minimum atomic E-state index is -0.00517. The molecule has 0 unspecified atom stereocenters. The summed E-state index contributed by atoms with van der Waals surface area (Å²) in [7, 11) is 0. The number of carbonyl (C=O) groups is 2. The first-order valence-corrected chi connectivity index (χ1v) is 10.5. The molecule has 0 aliphatic carbocycles. The number of piperazine rings is 1. The molecule has 2 saturated heterocycles. The maximum atomic E-state index is 13.0. The summed E-state index contributed by atoms with van der Waals surface area (Å²) < 4.78 is 5.00. The number of amides is 2. The summed E-state index contributed by atoms with van der Waals surface area (Å²) >= 11 is 0. The second-order valence-corrected chi connectivity index (χ2v) is 8.17. The average Bonchev–Trinajstić information content (AvgIpc) is 3.28. The van der Waals surface area contributed by atoms with Crippen molar-refractivity contribution in [3.8, 4) is 0 Å². The molecule has 2 amide bonds. The average molecular weight is 396 g/mol. The van der Waals surface area contributed by atoms with Crippen LogP contribution in [0.25, 0.3) is 0 Å². The van der Waals surface area contributed by atoms with Crippen molar-refractivity contribution >= 4 is 11.8 Å². The van der Waals surface area contributed by atoms with Crippen molar-refractivity contribution in [1.82, 2.24) is 14.7 Å². The third kappa shape index (κ3) is 4.70. The van der Waals surface area contributed by atoms with Crippen molar-refractivity contribution < 1.29 is 14.0 Å². The van der Waals surface area contributed by atoms with E-state index in [2.05, 4.69) is 36.1 Å². The largest absolute Gasteiger partial charge is 0.472 e. The van der Waals surface area contributed by atoms with E-state index in [-0.39, 0.29) is 17.7 Å². The predicted octanol–water partition coefficient (Wildman–Crippen LogP) is 2.78. The van der Waals surface area contributed by atoms with Crippen LogP contribution in [0.4, 0.5) is 0 Å². The lowest BCUT2D eigenvalue weighted by Gasteiger charge is -2.38. The van der Waals surface area contributed by atoms with E-state index in [1.54, 1.807) is 6.07 Å². The monoisotopic (exact) mass is 395 g/mol. The summed E-state index contributed by atoms with van der Waals surface area (Å²) in [6.45, 7) is 7.74. The minimum absolute atomic E-state index is 0.00517. The van der Waals surface area contributed by atoms with Crippen LogP contribution in [0, 0.1) is 12.8 Å². The molecular formula is C23H29N3O3. The molecule has 1 aromatic heterocycles. The zero-order valence-corrected chi connectivity index (χ0v) is 17.0. The van der Waals surface area contributed by atoms with Gasteiger partial charge in [-0.25, -0.2) is 0 Å². The number of rotatable bonds is 4. The van der Waals surface area contributed by atoms with E-state index >= 15 is 0 Å². The van der Waals surface area contributed by atoms with Crippen LogP contribution >= 0.6 is 0 Å². The Labute approximate surface area is 172 Å². The van der Waals surface area contributed by atoms with Gasteiger partial charge < -0.3 is 14.2 Å². The molecule has 6 nitrogen and oxygen atoms in total. The van der Waals surface area contributed by atoms with Crippen LogP contribution < -0.4 is 0 Å².